The lowest BCUT2D eigenvalue weighted by Crippen LogP contribution is -2.36. The maximum atomic E-state index is 12.7. The molecule has 1 aromatic heterocycles. The van der Waals surface area contributed by atoms with Crippen molar-refractivity contribution in [1.82, 2.24) is 10.3 Å². The quantitative estimate of drug-likeness (QED) is 0.445. The van der Waals surface area contributed by atoms with Gasteiger partial charge < -0.3 is 10.1 Å². The number of aliphatic imine (C=N–C) groups is 1. The molecular formula is C23H23ClN4O2. The second kappa shape index (κ2) is 10.4. The summed E-state index contributed by atoms with van der Waals surface area (Å²) in [4.78, 5) is 21.3. The van der Waals surface area contributed by atoms with Crippen LogP contribution in [0.5, 0.6) is 5.75 Å². The predicted molar refractivity (Wildman–Crippen MR) is 120 cm³/mol. The van der Waals surface area contributed by atoms with Gasteiger partial charge in [0.25, 0.3) is 5.91 Å². The van der Waals surface area contributed by atoms with E-state index in [-0.39, 0.29) is 5.91 Å². The Balaban J connectivity index is 1.80. The van der Waals surface area contributed by atoms with Crippen molar-refractivity contribution >= 4 is 29.2 Å². The summed E-state index contributed by atoms with van der Waals surface area (Å²) >= 11 is 6.22. The molecule has 0 saturated carbocycles. The molecule has 0 aliphatic carbocycles. The number of nitrogens with zero attached hydrogens (tertiary/aromatic N) is 2. The summed E-state index contributed by atoms with van der Waals surface area (Å²) in [5.74, 6) is 0.621. The van der Waals surface area contributed by atoms with Crippen LogP contribution in [0.4, 0.5) is 5.69 Å². The summed E-state index contributed by atoms with van der Waals surface area (Å²) in [7, 11) is 1.55. The van der Waals surface area contributed by atoms with Crippen LogP contribution in [-0.2, 0) is 13.0 Å². The van der Waals surface area contributed by atoms with Crippen LogP contribution in [0.3, 0.4) is 0 Å². The number of hydrogen-bond donors (Lipinski definition) is 2. The molecule has 7 heteroatoms. The van der Waals surface area contributed by atoms with Crippen LogP contribution < -0.4 is 15.4 Å². The van der Waals surface area contributed by atoms with Crippen LogP contribution in [0.1, 0.15) is 28.4 Å². The summed E-state index contributed by atoms with van der Waals surface area (Å²) < 4.78 is 5.18. The SMILES string of the molecule is CCc1ccc(C(=O)NC(=NCc2cccnc2)Nc2ccc(OC)c(Cl)c2)cc1. The zero-order valence-electron chi connectivity index (χ0n) is 16.9. The van der Waals surface area contributed by atoms with Crippen LogP contribution >= 0.6 is 11.6 Å². The first-order valence-corrected chi connectivity index (χ1v) is 9.91. The lowest BCUT2D eigenvalue weighted by molar-refractivity contribution is 0.0977. The highest BCUT2D eigenvalue weighted by molar-refractivity contribution is 6.32. The van der Waals surface area contributed by atoms with Gasteiger partial charge in [0.05, 0.1) is 18.7 Å². The Morgan fingerprint density at radius 1 is 1.13 bits per heavy atom. The van der Waals surface area contributed by atoms with E-state index < -0.39 is 0 Å². The predicted octanol–water partition coefficient (Wildman–Crippen LogP) is 4.70. The number of halogens is 1. The van der Waals surface area contributed by atoms with Gasteiger partial charge in [-0.2, -0.15) is 0 Å². The Labute approximate surface area is 181 Å². The molecule has 154 valence electrons. The van der Waals surface area contributed by atoms with Gasteiger partial charge in [-0.15, -0.1) is 0 Å². The van der Waals surface area contributed by atoms with Crippen LogP contribution in [-0.4, -0.2) is 24.0 Å². The topological polar surface area (TPSA) is 75.6 Å². The molecule has 0 aliphatic rings. The molecule has 1 amide bonds. The van der Waals surface area contributed by atoms with Gasteiger partial charge in [0.1, 0.15) is 5.75 Å². The van der Waals surface area contributed by atoms with Crippen molar-refractivity contribution in [3.05, 3.63) is 88.7 Å². The minimum atomic E-state index is -0.255. The number of benzene rings is 2. The van der Waals surface area contributed by atoms with Gasteiger partial charge >= 0.3 is 0 Å². The summed E-state index contributed by atoms with van der Waals surface area (Å²) in [5, 5.41) is 6.42. The van der Waals surface area contributed by atoms with Gasteiger partial charge in [-0.1, -0.05) is 36.7 Å². The van der Waals surface area contributed by atoms with E-state index in [1.807, 2.05) is 24.3 Å². The Morgan fingerprint density at radius 3 is 2.57 bits per heavy atom. The van der Waals surface area contributed by atoms with Gasteiger partial charge in [-0.25, -0.2) is 4.99 Å². The second-order valence-corrected chi connectivity index (χ2v) is 6.91. The van der Waals surface area contributed by atoms with Crippen molar-refractivity contribution in [2.45, 2.75) is 19.9 Å². The average molecular weight is 423 g/mol. The lowest BCUT2D eigenvalue weighted by Gasteiger charge is -2.13. The third kappa shape index (κ3) is 5.81. The van der Waals surface area contributed by atoms with Crippen LogP contribution in [0.15, 0.2) is 72.0 Å². The molecule has 0 spiro atoms. The highest BCUT2D eigenvalue weighted by Crippen LogP contribution is 2.27. The summed E-state index contributed by atoms with van der Waals surface area (Å²) in [6, 6.07) is 16.5. The van der Waals surface area contributed by atoms with E-state index in [1.165, 1.54) is 5.56 Å². The normalized spacial score (nSPS) is 11.1. The van der Waals surface area contributed by atoms with E-state index in [1.54, 1.807) is 49.8 Å². The summed E-state index contributed by atoms with van der Waals surface area (Å²) in [6.07, 6.45) is 4.35. The third-order valence-corrected chi connectivity index (χ3v) is 4.71. The fourth-order valence-corrected chi connectivity index (χ4v) is 2.98. The lowest BCUT2D eigenvalue weighted by atomic mass is 10.1. The number of carbonyl (C=O) groups excluding carboxylic acids is 1. The van der Waals surface area contributed by atoms with Gasteiger partial charge in [0.2, 0.25) is 5.96 Å². The number of aryl methyl sites for hydroxylation is 1. The molecule has 0 fully saturated rings. The molecule has 0 atom stereocenters. The average Bonchev–Trinajstić information content (AvgIpc) is 2.78. The fraction of sp³-hybridized carbons (Fsp3) is 0.174. The third-order valence-electron chi connectivity index (χ3n) is 4.41. The maximum Gasteiger partial charge on any atom is 0.257 e. The number of aromatic nitrogens is 1. The molecule has 0 saturated heterocycles. The van der Waals surface area contributed by atoms with Crippen molar-refractivity contribution in [2.24, 2.45) is 4.99 Å². The van der Waals surface area contributed by atoms with E-state index in [0.717, 1.165) is 12.0 Å². The number of carbonyl (C=O) groups is 1. The first-order valence-electron chi connectivity index (χ1n) is 9.53. The number of anilines is 1. The largest absolute Gasteiger partial charge is 0.495 e. The first kappa shape index (κ1) is 21.3. The number of amides is 1. The van der Waals surface area contributed by atoms with Crippen molar-refractivity contribution in [1.29, 1.82) is 0 Å². The van der Waals surface area contributed by atoms with E-state index in [0.29, 0.717) is 34.5 Å². The highest BCUT2D eigenvalue weighted by atomic mass is 35.5. The van der Waals surface area contributed by atoms with E-state index in [4.69, 9.17) is 16.3 Å². The number of methoxy groups -OCH3 is 1. The molecule has 0 unspecified atom stereocenters. The van der Waals surface area contributed by atoms with Crippen LogP contribution in [0, 0.1) is 0 Å². The molecule has 0 bridgehead atoms. The van der Waals surface area contributed by atoms with Crippen LogP contribution in [0.25, 0.3) is 0 Å². The molecule has 30 heavy (non-hydrogen) atoms. The molecule has 2 N–H and O–H groups in total. The smallest absolute Gasteiger partial charge is 0.257 e. The molecule has 1 heterocycles. The first-order chi connectivity index (χ1) is 14.6. The van der Waals surface area contributed by atoms with Crippen LogP contribution in [0.2, 0.25) is 5.02 Å². The molecular weight excluding hydrogens is 400 g/mol. The maximum absolute atomic E-state index is 12.7. The zero-order chi connectivity index (χ0) is 21.3. The molecule has 2 aromatic carbocycles. The van der Waals surface area contributed by atoms with Gasteiger partial charge in [0.15, 0.2) is 0 Å². The second-order valence-electron chi connectivity index (χ2n) is 6.51. The zero-order valence-corrected chi connectivity index (χ0v) is 17.6. The monoisotopic (exact) mass is 422 g/mol. The number of pyridine rings is 1. The minimum Gasteiger partial charge on any atom is -0.495 e. The molecule has 3 rings (SSSR count). The summed E-state index contributed by atoms with van der Waals surface area (Å²) in [5.41, 5.74) is 3.32. The van der Waals surface area contributed by atoms with Crippen molar-refractivity contribution in [3.8, 4) is 5.75 Å². The Bertz CT molecular complexity index is 1020. The number of hydrogen-bond acceptors (Lipinski definition) is 4. The van der Waals surface area contributed by atoms with Gasteiger partial charge in [-0.3, -0.25) is 15.1 Å². The van der Waals surface area contributed by atoms with Crippen molar-refractivity contribution in [2.75, 3.05) is 12.4 Å². The number of ether oxygens (including phenoxy) is 1. The van der Waals surface area contributed by atoms with Gasteiger partial charge in [-0.05, 0) is 53.9 Å². The van der Waals surface area contributed by atoms with Crippen molar-refractivity contribution in [3.63, 3.8) is 0 Å². The van der Waals surface area contributed by atoms with E-state index >= 15 is 0 Å². The number of guanidine groups is 1. The molecule has 0 aliphatic heterocycles. The number of rotatable bonds is 6. The fourth-order valence-electron chi connectivity index (χ4n) is 2.72. The molecule has 0 radical (unpaired) electrons. The molecule has 6 nitrogen and oxygen atoms in total. The van der Waals surface area contributed by atoms with E-state index in [2.05, 4.69) is 27.5 Å². The van der Waals surface area contributed by atoms with E-state index in [9.17, 15) is 4.79 Å². The minimum absolute atomic E-state index is 0.255. The van der Waals surface area contributed by atoms with Gasteiger partial charge in [0, 0.05) is 23.6 Å². The molecule has 3 aromatic rings. The number of nitrogens with one attached hydrogen (secondary N) is 2. The Hall–Kier alpha value is -3.38. The highest BCUT2D eigenvalue weighted by Gasteiger charge is 2.11. The summed E-state index contributed by atoms with van der Waals surface area (Å²) in [6.45, 7) is 2.43. The standard InChI is InChI=1S/C23H23ClN4O2/c1-3-16-6-8-18(9-7-16)22(29)28-23(26-15-17-5-4-12-25-14-17)27-19-10-11-21(30-2)20(24)13-19/h4-14H,3,15H2,1-2H3,(H2,26,27,28,29). The Kier molecular flexibility index (Phi) is 7.40. The van der Waals surface area contributed by atoms with Crippen molar-refractivity contribution < 1.29 is 9.53 Å². The Morgan fingerprint density at radius 2 is 1.93 bits per heavy atom.